The molecule has 0 spiro atoms. The second-order valence-corrected chi connectivity index (χ2v) is 4.69. The number of ether oxygens (including phenoxy) is 1. The van der Waals surface area contributed by atoms with Gasteiger partial charge in [0.15, 0.2) is 0 Å². The molecular formula is C14H21N3O4. The molecule has 1 heterocycles. The molecular weight excluding hydrogens is 274 g/mol. The van der Waals surface area contributed by atoms with Crippen molar-refractivity contribution in [1.29, 1.82) is 0 Å². The standard InChI is InChI=1S/C14H21N3O4/c1-3-21-12-6-5-11(9-15-12)17-14(20)16-8-10(2)4-7-13(18)19/h5-6,9-10H,3-4,7-8H2,1-2H3,(H,18,19)(H2,16,17,20). The van der Waals surface area contributed by atoms with E-state index in [-0.39, 0.29) is 18.4 Å². The van der Waals surface area contributed by atoms with Crippen molar-refractivity contribution in [2.24, 2.45) is 5.92 Å². The van der Waals surface area contributed by atoms with Gasteiger partial charge in [0.1, 0.15) is 0 Å². The first-order chi connectivity index (χ1) is 10.0. The fourth-order valence-electron chi connectivity index (χ4n) is 1.60. The summed E-state index contributed by atoms with van der Waals surface area (Å²) in [7, 11) is 0. The summed E-state index contributed by atoms with van der Waals surface area (Å²) in [6.07, 6.45) is 2.14. The van der Waals surface area contributed by atoms with Crippen LogP contribution in [0.5, 0.6) is 5.88 Å². The zero-order chi connectivity index (χ0) is 15.7. The number of pyridine rings is 1. The van der Waals surface area contributed by atoms with Crippen molar-refractivity contribution in [3.63, 3.8) is 0 Å². The van der Waals surface area contributed by atoms with Crippen molar-refractivity contribution in [1.82, 2.24) is 10.3 Å². The van der Waals surface area contributed by atoms with Crippen molar-refractivity contribution in [3.8, 4) is 5.88 Å². The van der Waals surface area contributed by atoms with Gasteiger partial charge in [0.2, 0.25) is 5.88 Å². The lowest BCUT2D eigenvalue weighted by Gasteiger charge is -2.12. The lowest BCUT2D eigenvalue weighted by Crippen LogP contribution is -2.32. The largest absolute Gasteiger partial charge is 0.481 e. The van der Waals surface area contributed by atoms with Crippen LogP contribution in [-0.4, -0.2) is 35.2 Å². The number of aliphatic carboxylic acids is 1. The van der Waals surface area contributed by atoms with E-state index in [1.807, 2.05) is 13.8 Å². The SMILES string of the molecule is CCOc1ccc(NC(=O)NCC(C)CCC(=O)O)cn1. The fraction of sp³-hybridized carbons (Fsp3) is 0.500. The van der Waals surface area contributed by atoms with Crippen molar-refractivity contribution in [2.75, 3.05) is 18.5 Å². The zero-order valence-electron chi connectivity index (χ0n) is 12.3. The molecule has 21 heavy (non-hydrogen) atoms. The van der Waals surface area contributed by atoms with Crippen LogP contribution in [0.1, 0.15) is 26.7 Å². The monoisotopic (exact) mass is 295 g/mol. The van der Waals surface area contributed by atoms with Gasteiger partial charge in [0, 0.05) is 19.0 Å². The molecule has 0 aromatic carbocycles. The van der Waals surface area contributed by atoms with Gasteiger partial charge in [-0.3, -0.25) is 4.79 Å². The Morgan fingerprint density at radius 3 is 2.76 bits per heavy atom. The maximum absolute atomic E-state index is 11.7. The minimum absolute atomic E-state index is 0.102. The third-order valence-corrected chi connectivity index (χ3v) is 2.75. The highest BCUT2D eigenvalue weighted by Gasteiger charge is 2.08. The molecule has 1 aromatic heterocycles. The summed E-state index contributed by atoms with van der Waals surface area (Å²) in [4.78, 5) is 26.1. The minimum atomic E-state index is -0.827. The van der Waals surface area contributed by atoms with Gasteiger partial charge in [0.05, 0.1) is 18.5 Å². The number of aromatic nitrogens is 1. The summed E-state index contributed by atoms with van der Waals surface area (Å²) in [6.45, 7) is 4.71. The third kappa shape index (κ3) is 7.14. The van der Waals surface area contributed by atoms with Crippen molar-refractivity contribution in [2.45, 2.75) is 26.7 Å². The minimum Gasteiger partial charge on any atom is -0.481 e. The molecule has 3 N–H and O–H groups in total. The molecule has 0 saturated heterocycles. The predicted octanol–water partition coefficient (Wildman–Crippen LogP) is 2.10. The molecule has 0 aliphatic heterocycles. The summed E-state index contributed by atoms with van der Waals surface area (Å²) >= 11 is 0. The van der Waals surface area contributed by atoms with Crippen LogP contribution in [-0.2, 0) is 4.79 Å². The Labute approximate surface area is 123 Å². The number of rotatable bonds is 8. The molecule has 0 aliphatic rings. The second kappa shape index (κ2) is 8.78. The maximum atomic E-state index is 11.7. The zero-order valence-corrected chi connectivity index (χ0v) is 12.3. The number of carbonyl (C=O) groups is 2. The number of carboxylic acid groups (broad SMARTS) is 1. The number of amides is 2. The smallest absolute Gasteiger partial charge is 0.319 e. The van der Waals surface area contributed by atoms with E-state index in [0.717, 1.165) is 0 Å². The third-order valence-electron chi connectivity index (χ3n) is 2.75. The number of nitrogens with zero attached hydrogens (tertiary/aromatic N) is 1. The first kappa shape index (κ1) is 16.7. The molecule has 1 aromatic rings. The van der Waals surface area contributed by atoms with Gasteiger partial charge in [-0.25, -0.2) is 9.78 Å². The second-order valence-electron chi connectivity index (χ2n) is 4.69. The molecule has 7 nitrogen and oxygen atoms in total. The summed E-state index contributed by atoms with van der Waals surface area (Å²) in [5, 5.41) is 13.9. The molecule has 0 bridgehead atoms. The average Bonchev–Trinajstić information content (AvgIpc) is 2.45. The number of nitrogens with one attached hydrogen (secondary N) is 2. The molecule has 1 unspecified atom stereocenters. The van der Waals surface area contributed by atoms with Gasteiger partial charge >= 0.3 is 12.0 Å². The van der Waals surface area contributed by atoms with Crippen LogP contribution in [0.3, 0.4) is 0 Å². The summed E-state index contributed by atoms with van der Waals surface area (Å²) in [5.74, 6) is -0.220. The van der Waals surface area contributed by atoms with E-state index in [0.29, 0.717) is 31.1 Å². The molecule has 7 heteroatoms. The van der Waals surface area contributed by atoms with Crippen LogP contribution >= 0.6 is 0 Å². The number of urea groups is 1. The lowest BCUT2D eigenvalue weighted by molar-refractivity contribution is -0.137. The molecule has 0 radical (unpaired) electrons. The Kier molecular flexibility index (Phi) is 7.00. The highest BCUT2D eigenvalue weighted by Crippen LogP contribution is 2.11. The van der Waals surface area contributed by atoms with Gasteiger partial charge in [0.25, 0.3) is 0 Å². The maximum Gasteiger partial charge on any atom is 0.319 e. The number of anilines is 1. The van der Waals surface area contributed by atoms with E-state index in [4.69, 9.17) is 9.84 Å². The van der Waals surface area contributed by atoms with Crippen molar-refractivity contribution < 1.29 is 19.4 Å². The topological polar surface area (TPSA) is 101 Å². The van der Waals surface area contributed by atoms with Crippen LogP contribution in [0.25, 0.3) is 0 Å². The Morgan fingerprint density at radius 2 is 2.19 bits per heavy atom. The molecule has 116 valence electrons. The summed E-state index contributed by atoms with van der Waals surface area (Å²) in [6, 6.07) is 3.03. The van der Waals surface area contributed by atoms with E-state index < -0.39 is 5.97 Å². The van der Waals surface area contributed by atoms with E-state index in [1.54, 1.807) is 12.1 Å². The predicted molar refractivity (Wildman–Crippen MR) is 78.5 cm³/mol. The number of hydrogen-bond donors (Lipinski definition) is 3. The first-order valence-corrected chi connectivity index (χ1v) is 6.86. The van der Waals surface area contributed by atoms with Crippen LogP contribution in [0.4, 0.5) is 10.5 Å². The highest BCUT2D eigenvalue weighted by atomic mass is 16.5. The Hall–Kier alpha value is -2.31. The van der Waals surface area contributed by atoms with E-state index in [1.165, 1.54) is 6.20 Å². The van der Waals surface area contributed by atoms with Gasteiger partial charge in [-0.05, 0) is 25.3 Å². The molecule has 1 rings (SSSR count). The van der Waals surface area contributed by atoms with Gasteiger partial charge in [-0.2, -0.15) is 0 Å². The quantitative estimate of drug-likeness (QED) is 0.682. The van der Waals surface area contributed by atoms with E-state index >= 15 is 0 Å². The van der Waals surface area contributed by atoms with E-state index in [9.17, 15) is 9.59 Å². The highest BCUT2D eigenvalue weighted by molar-refractivity contribution is 5.89. The molecule has 0 saturated carbocycles. The normalized spacial score (nSPS) is 11.5. The van der Waals surface area contributed by atoms with Crippen molar-refractivity contribution >= 4 is 17.7 Å². The van der Waals surface area contributed by atoms with Crippen molar-refractivity contribution in [3.05, 3.63) is 18.3 Å². The molecule has 0 fully saturated rings. The molecule has 1 atom stereocenters. The number of carbonyl (C=O) groups excluding carboxylic acids is 1. The van der Waals surface area contributed by atoms with Crippen LogP contribution < -0.4 is 15.4 Å². The average molecular weight is 295 g/mol. The molecule has 2 amide bonds. The Bertz CT molecular complexity index is 462. The lowest BCUT2D eigenvalue weighted by atomic mass is 10.1. The van der Waals surface area contributed by atoms with Crippen LogP contribution in [0.2, 0.25) is 0 Å². The van der Waals surface area contributed by atoms with Gasteiger partial charge in [-0.1, -0.05) is 6.92 Å². The molecule has 0 aliphatic carbocycles. The van der Waals surface area contributed by atoms with Crippen LogP contribution in [0.15, 0.2) is 18.3 Å². The number of hydrogen-bond acceptors (Lipinski definition) is 4. The first-order valence-electron chi connectivity index (χ1n) is 6.86. The van der Waals surface area contributed by atoms with E-state index in [2.05, 4.69) is 15.6 Å². The summed E-state index contributed by atoms with van der Waals surface area (Å²) in [5.41, 5.74) is 0.564. The fourth-order valence-corrected chi connectivity index (χ4v) is 1.60. The van der Waals surface area contributed by atoms with Gasteiger partial charge in [-0.15, -0.1) is 0 Å². The number of carboxylic acids is 1. The van der Waals surface area contributed by atoms with Crippen LogP contribution in [0, 0.1) is 5.92 Å². The Balaban J connectivity index is 2.31. The van der Waals surface area contributed by atoms with Gasteiger partial charge < -0.3 is 20.5 Å². The Morgan fingerprint density at radius 1 is 1.43 bits per heavy atom. The summed E-state index contributed by atoms with van der Waals surface area (Å²) < 4.78 is 5.20.